The lowest BCUT2D eigenvalue weighted by Crippen LogP contribution is -2.31. The van der Waals surface area contributed by atoms with Gasteiger partial charge in [0.05, 0.1) is 41.8 Å². The lowest BCUT2D eigenvalue weighted by molar-refractivity contribution is 0.0950. The molecule has 9 heteroatoms. The Hall–Kier alpha value is -4.63. The number of sulfone groups is 1. The molecule has 1 aliphatic rings. The zero-order valence-electron chi connectivity index (χ0n) is 22.1. The van der Waals surface area contributed by atoms with Crippen LogP contribution >= 0.6 is 0 Å². The molecule has 0 aromatic heterocycles. The van der Waals surface area contributed by atoms with E-state index in [1.807, 2.05) is 42.5 Å². The molecule has 0 aliphatic carbocycles. The van der Waals surface area contributed by atoms with Gasteiger partial charge in [-0.2, -0.15) is 0 Å². The third-order valence-corrected chi connectivity index (χ3v) is 8.64. The number of carbonyl (C=O) groups is 2. The second-order valence-electron chi connectivity index (χ2n) is 9.25. The average Bonchev–Trinajstić information content (AvgIpc) is 3.05. The molecular weight excluding hydrogens is 528 g/mol. The van der Waals surface area contributed by atoms with Gasteiger partial charge in [0.25, 0.3) is 11.8 Å². The molecule has 1 heterocycles. The van der Waals surface area contributed by atoms with Crippen LogP contribution in [0, 0.1) is 0 Å². The van der Waals surface area contributed by atoms with Gasteiger partial charge in [-0.05, 0) is 60.0 Å². The number of ether oxygens (including phenoxy) is 2. The van der Waals surface area contributed by atoms with Gasteiger partial charge in [0.1, 0.15) is 0 Å². The Labute approximate surface area is 233 Å². The number of nitrogens with one attached hydrogen (secondary N) is 1. The van der Waals surface area contributed by atoms with Gasteiger partial charge in [0, 0.05) is 12.1 Å². The first-order valence-electron chi connectivity index (χ1n) is 12.7. The number of carbonyl (C=O) groups excluding carboxylic acids is 2. The van der Waals surface area contributed by atoms with E-state index >= 15 is 0 Å². The number of hydrogen-bond acceptors (Lipinski definition) is 6. The number of hydrogen-bond donors (Lipinski definition) is 1. The number of fused-ring (bicyclic) bond motifs is 2. The second-order valence-corrected chi connectivity index (χ2v) is 11.1. The van der Waals surface area contributed by atoms with Crippen molar-refractivity contribution in [3.05, 3.63) is 113 Å². The second kappa shape index (κ2) is 11.2. The topological polar surface area (TPSA) is 102 Å². The number of benzene rings is 4. The molecule has 0 radical (unpaired) electrons. The van der Waals surface area contributed by atoms with Crippen LogP contribution in [-0.2, 0) is 22.8 Å². The first kappa shape index (κ1) is 27.0. The summed E-state index contributed by atoms with van der Waals surface area (Å²) >= 11 is 0. The highest BCUT2D eigenvalue weighted by molar-refractivity contribution is 7.91. The zero-order chi connectivity index (χ0) is 28.3. The van der Waals surface area contributed by atoms with Crippen LogP contribution in [0.15, 0.2) is 101 Å². The van der Waals surface area contributed by atoms with Crippen LogP contribution in [0.4, 0.5) is 5.69 Å². The van der Waals surface area contributed by atoms with Crippen LogP contribution in [0.5, 0.6) is 11.5 Å². The summed E-state index contributed by atoms with van der Waals surface area (Å²) in [5.74, 6) is 0.386. The summed E-state index contributed by atoms with van der Waals surface area (Å²) < 4.78 is 38.0. The Kier molecular flexibility index (Phi) is 7.57. The summed E-state index contributed by atoms with van der Waals surface area (Å²) in [7, 11) is -0.892. The maximum atomic E-state index is 13.7. The van der Waals surface area contributed by atoms with E-state index in [2.05, 4.69) is 5.32 Å². The molecule has 0 saturated heterocycles. The molecule has 0 spiro atoms. The minimum atomic E-state index is -4.02. The first-order chi connectivity index (χ1) is 19.3. The summed E-state index contributed by atoms with van der Waals surface area (Å²) in [6, 6.07) is 25.4. The normalized spacial score (nSPS) is 13.6. The number of nitrogens with zero attached hydrogens (tertiary/aromatic N) is 1. The average molecular weight is 557 g/mol. The van der Waals surface area contributed by atoms with E-state index in [9.17, 15) is 18.0 Å². The van der Waals surface area contributed by atoms with Crippen LogP contribution in [0.25, 0.3) is 0 Å². The highest BCUT2D eigenvalue weighted by atomic mass is 32.2. The van der Waals surface area contributed by atoms with Crippen molar-refractivity contribution >= 4 is 27.3 Å². The summed E-state index contributed by atoms with van der Waals surface area (Å²) in [6.07, 6.45) is 0.541. The third-order valence-electron chi connectivity index (χ3n) is 6.78. The van der Waals surface area contributed by atoms with Crippen molar-refractivity contribution in [1.29, 1.82) is 0 Å². The smallest absolute Gasteiger partial charge is 0.259 e. The summed E-state index contributed by atoms with van der Waals surface area (Å²) in [6.45, 7) is 0.475. The van der Waals surface area contributed by atoms with Gasteiger partial charge in [-0.15, -0.1) is 0 Å². The van der Waals surface area contributed by atoms with E-state index in [1.54, 1.807) is 32.4 Å². The van der Waals surface area contributed by atoms with Gasteiger partial charge in [-0.3, -0.25) is 9.59 Å². The maximum absolute atomic E-state index is 13.7. The molecule has 4 aromatic carbocycles. The Balaban J connectivity index is 1.45. The number of rotatable bonds is 8. The summed E-state index contributed by atoms with van der Waals surface area (Å²) in [4.78, 5) is 28.2. The molecule has 1 N–H and O–H groups in total. The maximum Gasteiger partial charge on any atom is 0.259 e. The van der Waals surface area contributed by atoms with Gasteiger partial charge in [0.15, 0.2) is 11.5 Å². The largest absolute Gasteiger partial charge is 0.493 e. The van der Waals surface area contributed by atoms with E-state index in [-0.39, 0.29) is 39.1 Å². The summed E-state index contributed by atoms with van der Waals surface area (Å²) in [5.41, 5.74) is 2.28. The minimum Gasteiger partial charge on any atom is -0.493 e. The predicted octanol–water partition coefficient (Wildman–Crippen LogP) is 4.67. The molecule has 4 aromatic rings. The minimum absolute atomic E-state index is 0.0244. The van der Waals surface area contributed by atoms with Crippen molar-refractivity contribution in [2.45, 2.75) is 22.8 Å². The van der Waals surface area contributed by atoms with Crippen LogP contribution in [0.1, 0.15) is 31.8 Å². The SMILES string of the molecule is COc1ccc(CCNC(=O)c2ccc3c(c2)N(Cc2ccccc2)C(=O)c2ccccc2S3(=O)=O)cc1OC. The van der Waals surface area contributed by atoms with Crippen LogP contribution in [0.2, 0.25) is 0 Å². The van der Waals surface area contributed by atoms with Crippen LogP contribution in [-0.4, -0.2) is 41.0 Å². The van der Waals surface area contributed by atoms with Crippen molar-refractivity contribution in [2.75, 3.05) is 25.7 Å². The molecule has 0 fully saturated rings. The quantitative estimate of drug-likeness (QED) is 0.339. The Bertz CT molecular complexity index is 1690. The molecule has 204 valence electrons. The van der Waals surface area contributed by atoms with E-state index in [0.717, 1.165) is 11.1 Å². The Morgan fingerprint density at radius 1 is 0.800 bits per heavy atom. The molecule has 5 rings (SSSR count). The van der Waals surface area contributed by atoms with Crippen molar-refractivity contribution < 1.29 is 27.5 Å². The van der Waals surface area contributed by atoms with E-state index in [1.165, 1.54) is 35.2 Å². The highest BCUT2D eigenvalue weighted by Crippen LogP contribution is 2.38. The van der Waals surface area contributed by atoms with Gasteiger partial charge in [-0.25, -0.2) is 8.42 Å². The number of methoxy groups -OCH3 is 2. The van der Waals surface area contributed by atoms with E-state index < -0.39 is 15.7 Å². The van der Waals surface area contributed by atoms with E-state index in [4.69, 9.17) is 9.47 Å². The Morgan fingerprint density at radius 3 is 2.27 bits per heavy atom. The van der Waals surface area contributed by atoms with E-state index in [0.29, 0.717) is 24.5 Å². The van der Waals surface area contributed by atoms with Crippen LogP contribution in [0.3, 0.4) is 0 Å². The third kappa shape index (κ3) is 5.15. The summed E-state index contributed by atoms with van der Waals surface area (Å²) in [5, 5.41) is 2.89. The molecule has 0 bridgehead atoms. The monoisotopic (exact) mass is 556 g/mol. The van der Waals surface area contributed by atoms with Crippen LogP contribution < -0.4 is 19.7 Å². The lowest BCUT2D eigenvalue weighted by atomic mass is 10.1. The van der Waals surface area contributed by atoms with Crippen molar-refractivity contribution in [3.63, 3.8) is 0 Å². The van der Waals surface area contributed by atoms with Crippen molar-refractivity contribution in [1.82, 2.24) is 5.32 Å². The lowest BCUT2D eigenvalue weighted by Gasteiger charge is -2.23. The molecule has 1 aliphatic heterocycles. The fraction of sp³-hybridized carbons (Fsp3) is 0.161. The molecular formula is C31H28N2O6S. The van der Waals surface area contributed by atoms with Gasteiger partial charge in [-0.1, -0.05) is 48.5 Å². The molecule has 2 amide bonds. The number of amides is 2. The standard InChI is InChI=1S/C31H28N2O6S/c1-38-26-14-12-21(18-27(26)39-2)16-17-32-30(34)23-13-15-29-25(19-23)33(20-22-8-4-3-5-9-22)31(35)24-10-6-7-11-28(24)40(29,36)37/h3-15,18-19H,16-17,20H2,1-2H3,(H,32,34). The van der Waals surface area contributed by atoms with Gasteiger partial charge in [0.2, 0.25) is 9.84 Å². The predicted molar refractivity (Wildman–Crippen MR) is 151 cm³/mol. The van der Waals surface area contributed by atoms with Crippen molar-refractivity contribution in [2.24, 2.45) is 0 Å². The molecule has 40 heavy (non-hydrogen) atoms. The van der Waals surface area contributed by atoms with Crippen molar-refractivity contribution in [3.8, 4) is 11.5 Å². The van der Waals surface area contributed by atoms with Gasteiger partial charge >= 0.3 is 0 Å². The highest BCUT2D eigenvalue weighted by Gasteiger charge is 2.36. The van der Waals surface area contributed by atoms with Gasteiger partial charge < -0.3 is 19.7 Å². The zero-order valence-corrected chi connectivity index (χ0v) is 22.9. The molecule has 0 saturated carbocycles. The Morgan fingerprint density at radius 2 is 1.52 bits per heavy atom. The number of anilines is 1. The fourth-order valence-electron chi connectivity index (χ4n) is 4.73. The molecule has 8 nitrogen and oxygen atoms in total. The molecule has 0 atom stereocenters. The molecule has 0 unspecified atom stereocenters. The fourth-order valence-corrected chi connectivity index (χ4v) is 6.36. The first-order valence-corrected chi connectivity index (χ1v) is 14.1.